The van der Waals surface area contributed by atoms with Gasteiger partial charge in [0.05, 0.1) is 12.7 Å². The quantitative estimate of drug-likeness (QED) is 0.732. The molecule has 4 heteroatoms. The van der Waals surface area contributed by atoms with Crippen molar-refractivity contribution in [3.63, 3.8) is 0 Å². The molecule has 17 heavy (non-hydrogen) atoms. The van der Waals surface area contributed by atoms with E-state index in [0.717, 1.165) is 14.7 Å². The Hall–Kier alpha value is -0.620. The third-order valence-corrected chi connectivity index (χ3v) is 3.62. The topological polar surface area (TPSA) is 29.5 Å². The molecule has 0 aliphatic carbocycles. The van der Waals surface area contributed by atoms with Gasteiger partial charge in [-0.25, -0.2) is 0 Å². The average Bonchev–Trinajstić information content (AvgIpc) is 2.28. The predicted octanol–water partition coefficient (Wildman–Crippen LogP) is 2.46. The molecule has 1 aromatic carbocycles. The molecular weight excluding hydrogens is 329 g/mol. The van der Waals surface area contributed by atoms with Crippen LogP contribution in [0.1, 0.15) is 22.8 Å². The van der Waals surface area contributed by atoms with E-state index in [1.165, 1.54) is 0 Å². The summed E-state index contributed by atoms with van der Waals surface area (Å²) in [5.41, 5.74) is 1.85. The summed E-state index contributed by atoms with van der Waals surface area (Å²) in [6.07, 6.45) is 0.136. The fourth-order valence-electron chi connectivity index (χ4n) is 2.04. The van der Waals surface area contributed by atoms with Gasteiger partial charge < -0.3 is 9.64 Å². The Bertz CT molecular complexity index is 433. The van der Waals surface area contributed by atoms with Crippen molar-refractivity contribution in [3.05, 3.63) is 32.9 Å². The van der Waals surface area contributed by atoms with E-state index in [2.05, 4.69) is 22.6 Å². The zero-order valence-electron chi connectivity index (χ0n) is 10.1. The lowest BCUT2D eigenvalue weighted by atomic mass is 10.1. The number of nitrogens with zero attached hydrogens (tertiary/aromatic N) is 1. The largest absolute Gasteiger partial charge is 0.375 e. The highest BCUT2D eigenvalue weighted by Gasteiger charge is 2.23. The highest BCUT2D eigenvalue weighted by molar-refractivity contribution is 14.1. The van der Waals surface area contributed by atoms with E-state index in [4.69, 9.17) is 4.74 Å². The number of aryl methyl sites for hydroxylation is 1. The number of rotatable bonds is 1. The highest BCUT2D eigenvalue weighted by atomic mass is 127. The monoisotopic (exact) mass is 345 g/mol. The Morgan fingerprint density at radius 3 is 2.94 bits per heavy atom. The van der Waals surface area contributed by atoms with Crippen LogP contribution in [0.15, 0.2) is 18.2 Å². The molecule has 0 N–H and O–H groups in total. The number of benzene rings is 1. The second kappa shape index (κ2) is 5.35. The van der Waals surface area contributed by atoms with Crippen LogP contribution in [0.25, 0.3) is 0 Å². The first-order valence-corrected chi connectivity index (χ1v) is 6.83. The van der Waals surface area contributed by atoms with Crippen molar-refractivity contribution in [2.75, 3.05) is 19.7 Å². The molecular formula is C13H16INO2. The van der Waals surface area contributed by atoms with Crippen LogP contribution < -0.4 is 0 Å². The van der Waals surface area contributed by atoms with Gasteiger partial charge in [0, 0.05) is 22.2 Å². The minimum Gasteiger partial charge on any atom is -0.375 e. The molecule has 0 saturated carbocycles. The first kappa shape index (κ1) is 12.8. The Kier molecular flexibility index (Phi) is 4.04. The normalized spacial score (nSPS) is 20.4. The van der Waals surface area contributed by atoms with E-state index in [0.29, 0.717) is 19.7 Å². The summed E-state index contributed by atoms with van der Waals surface area (Å²) < 4.78 is 6.61. The molecule has 3 nitrogen and oxygen atoms in total. The van der Waals surface area contributed by atoms with Gasteiger partial charge in [0.1, 0.15) is 0 Å². The summed E-state index contributed by atoms with van der Waals surface area (Å²) in [5, 5.41) is 0. The second-order valence-corrected chi connectivity index (χ2v) is 5.64. The van der Waals surface area contributed by atoms with Gasteiger partial charge in [-0.05, 0) is 60.2 Å². The fourth-order valence-corrected chi connectivity index (χ4v) is 2.69. The standard InChI is InChI=1S/C13H16INO2/c1-9-7-11(14)3-4-12(9)13(16)15-5-6-17-10(2)8-15/h3-4,7,10H,5-6,8H2,1-2H3/t10-/m0/s1. The van der Waals surface area contributed by atoms with E-state index in [1.54, 1.807) is 0 Å². The molecule has 0 radical (unpaired) electrons. The molecule has 2 rings (SSSR count). The van der Waals surface area contributed by atoms with Crippen molar-refractivity contribution < 1.29 is 9.53 Å². The van der Waals surface area contributed by atoms with Crippen LogP contribution in [-0.4, -0.2) is 36.6 Å². The van der Waals surface area contributed by atoms with Crippen LogP contribution in [-0.2, 0) is 4.74 Å². The predicted molar refractivity (Wildman–Crippen MR) is 75.2 cm³/mol. The first-order chi connectivity index (χ1) is 8.08. The van der Waals surface area contributed by atoms with Gasteiger partial charge in [0.2, 0.25) is 0 Å². The van der Waals surface area contributed by atoms with E-state index < -0.39 is 0 Å². The molecule has 1 fully saturated rings. The van der Waals surface area contributed by atoms with E-state index in [-0.39, 0.29) is 12.0 Å². The lowest BCUT2D eigenvalue weighted by Crippen LogP contribution is -2.44. The minimum atomic E-state index is 0.119. The van der Waals surface area contributed by atoms with E-state index in [9.17, 15) is 4.79 Å². The van der Waals surface area contributed by atoms with Crippen molar-refractivity contribution in [2.24, 2.45) is 0 Å². The average molecular weight is 345 g/mol. The molecule has 0 spiro atoms. The summed E-state index contributed by atoms with van der Waals surface area (Å²) in [7, 11) is 0. The van der Waals surface area contributed by atoms with Crippen molar-refractivity contribution in [2.45, 2.75) is 20.0 Å². The second-order valence-electron chi connectivity index (χ2n) is 4.39. The number of ether oxygens (including phenoxy) is 1. The van der Waals surface area contributed by atoms with Gasteiger partial charge in [-0.3, -0.25) is 4.79 Å². The van der Waals surface area contributed by atoms with Gasteiger partial charge in [-0.15, -0.1) is 0 Å². The van der Waals surface area contributed by atoms with Gasteiger partial charge >= 0.3 is 0 Å². The van der Waals surface area contributed by atoms with E-state index in [1.807, 2.05) is 36.9 Å². The number of hydrogen-bond donors (Lipinski definition) is 0. The molecule has 1 aromatic rings. The molecule has 1 amide bonds. The molecule has 1 aliphatic heterocycles. The third-order valence-electron chi connectivity index (χ3n) is 2.95. The van der Waals surface area contributed by atoms with E-state index >= 15 is 0 Å². The summed E-state index contributed by atoms with van der Waals surface area (Å²) in [5.74, 6) is 0.119. The molecule has 92 valence electrons. The molecule has 1 aliphatic rings. The Balaban J connectivity index is 2.18. The lowest BCUT2D eigenvalue weighted by molar-refractivity contribution is -0.0124. The van der Waals surface area contributed by atoms with Crippen molar-refractivity contribution in [3.8, 4) is 0 Å². The third kappa shape index (κ3) is 2.98. The van der Waals surface area contributed by atoms with Crippen molar-refractivity contribution >= 4 is 28.5 Å². The number of carbonyl (C=O) groups is 1. The maximum absolute atomic E-state index is 12.3. The Morgan fingerprint density at radius 2 is 2.29 bits per heavy atom. The van der Waals surface area contributed by atoms with Gasteiger partial charge in [-0.2, -0.15) is 0 Å². The molecule has 1 heterocycles. The van der Waals surface area contributed by atoms with Gasteiger partial charge in [0.15, 0.2) is 0 Å². The number of amides is 1. The van der Waals surface area contributed by atoms with Gasteiger partial charge in [-0.1, -0.05) is 0 Å². The van der Waals surface area contributed by atoms with Crippen LogP contribution in [0.4, 0.5) is 0 Å². The maximum atomic E-state index is 12.3. The van der Waals surface area contributed by atoms with Crippen LogP contribution in [0.5, 0.6) is 0 Å². The highest BCUT2D eigenvalue weighted by Crippen LogP contribution is 2.16. The van der Waals surface area contributed by atoms with Crippen LogP contribution >= 0.6 is 22.6 Å². The number of hydrogen-bond acceptors (Lipinski definition) is 2. The number of morpholine rings is 1. The Labute approximate surface area is 115 Å². The minimum absolute atomic E-state index is 0.119. The first-order valence-electron chi connectivity index (χ1n) is 5.75. The molecule has 1 atom stereocenters. The molecule has 1 saturated heterocycles. The summed E-state index contributed by atoms with van der Waals surface area (Å²) >= 11 is 2.26. The number of carbonyl (C=O) groups excluding carboxylic acids is 1. The zero-order valence-corrected chi connectivity index (χ0v) is 12.2. The van der Waals surface area contributed by atoms with Crippen molar-refractivity contribution in [1.29, 1.82) is 0 Å². The number of halogens is 1. The summed E-state index contributed by atoms with van der Waals surface area (Å²) in [6, 6.07) is 5.93. The van der Waals surface area contributed by atoms with Gasteiger partial charge in [0.25, 0.3) is 5.91 Å². The van der Waals surface area contributed by atoms with Crippen LogP contribution in [0.2, 0.25) is 0 Å². The summed E-state index contributed by atoms with van der Waals surface area (Å²) in [4.78, 5) is 14.2. The molecule has 0 aromatic heterocycles. The van der Waals surface area contributed by atoms with Crippen molar-refractivity contribution in [1.82, 2.24) is 4.90 Å². The van der Waals surface area contributed by atoms with Crippen LogP contribution in [0, 0.1) is 10.5 Å². The summed E-state index contributed by atoms with van der Waals surface area (Å²) in [6.45, 7) is 5.99. The lowest BCUT2D eigenvalue weighted by Gasteiger charge is -2.31. The SMILES string of the molecule is Cc1cc(I)ccc1C(=O)N1CCO[C@@H](C)C1. The smallest absolute Gasteiger partial charge is 0.254 e. The fraction of sp³-hybridized carbons (Fsp3) is 0.462. The molecule has 0 bridgehead atoms. The van der Waals surface area contributed by atoms with Crippen LogP contribution in [0.3, 0.4) is 0 Å². The zero-order chi connectivity index (χ0) is 12.4. The molecule has 0 unspecified atom stereocenters. The maximum Gasteiger partial charge on any atom is 0.254 e. The Morgan fingerprint density at radius 1 is 1.53 bits per heavy atom.